The van der Waals surface area contributed by atoms with Gasteiger partial charge in [-0.2, -0.15) is 0 Å². The fourth-order valence-corrected chi connectivity index (χ4v) is 2.55. The average molecular weight is 278 g/mol. The molecule has 0 radical (unpaired) electrons. The molecule has 5 heteroatoms. The summed E-state index contributed by atoms with van der Waals surface area (Å²) in [4.78, 5) is 0. The lowest BCUT2D eigenvalue weighted by Gasteiger charge is -2.22. The third kappa shape index (κ3) is 3.43. The van der Waals surface area contributed by atoms with Crippen LogP contribution >= 0.6 is 12.2 Å². The maximum absolute atomic E-state index is 5.40. The molecule has 0 spiro atoms. The number of rotatable bonds is 2. The monoisotopic (exact) mass is 278 g/mol. The highest BCUT2D eigenvalue weighted by atomic mass is 32.1. The van der Waals surface area contributed by atoms with Crippen LogP contribution in [0, 0.1) is 13.8 Å². The van der Waals surface area contributed by atoms with Gasteiger partial charge in [0.25, 0.3) is 0 Å². The standard InChI is InChI=1S/C14H22N4S/c1-8-5-6-9(2)12(7-8)15-14(19)16-13-10(3)17-18-11(13)4/h5-7,10-11,13,17-18H,1-4H3,(H2,15,16,19). The van der Waals surface area contributed by atoms with E-state index in [2.05, 4.69) is 67.4 Å². The lowest BCUT2D eigenvalue weighted by atomic mass is 10.1. The number of aryl methyl sites for hydroxylation is 2. The van der Waals surface area contributed by atoms with Gasteiger partial charge in [0.1, 0.15) is 0 Å². The first-order valence-electron chi connectivity index (χ1n) is 6.63. The predicted octanol–water partition coefficient (Wildman–Crippen LogP) is 1.84. The zero-order valence-electron chi connectivity index (χ0n) is 11.9. The van der Waals surface area contributed by atoms with Crippen LogP contribution in [0.5, 0.6) is 0 Å². The van der Waals surface area contributed by atoms with Crippen molar-refractivity contribution < 1.29 is 0 Å². The van der Waals surface area contributed by atoms with E-state index in [0.717, 1.165) is 5.69 Å². The van der Waals surface area contributed by atoms with Crippen LogP contribution in [0.2, 0.25) is 0 Å². The van der Waals surface area contributed by atoms with Gasteiger partial charge in [-0.15, -0.1) is 0 Å². The van der Waals surface area contributed by atoms with Crippen LogP contribution < -0.4 is 21.5 Å². The van der Waals surface area contributed by atoms with Crippen LogP contribution in [0.1, 0.15) is 25.0 Å². The van der Waals surface area contributed by atoms with Crippen molar-refractivity contribution in [1.29, 1.82) is 0 Å². The molecule has 4 N–H and O–H groups in total. The third-order valence-electron chi connectivity index (χ3n) is 3.56. The predicted molar refractivity (Wildman–Crippen MR) is 84.3 cm³/mol. The minimum atomic E-state index is 0.283. The Morgan fingerprint density at radius 2 is 1.79 bits per heavy atom. The second-order valence-corrected chi connectivity index (χ2v) is 5.72. The minimum Gasteiger partial charge on any atom is -0.356 e. The van der Waals surface area contributed by atoms with Crippen LogP contribution in [-0.4, -0.2) is 23.2 Å². The SMILES string of the molecule is Cc1ccc(C)c(NC(=S)NC2C(C)NNC2C)c1. The second kappa shape index (κ2) is 5.86. The Hall–Kier alpha value is -1.17. The second-order valence-electron chi connectivity index (χ2n) is 5.31. The number of anilines is 1. The first kappa shape index (κ1) is 14.2. The Kier molecular flexibility index (Phi) is 4.39. The molecule has 19 heavy (non-hydrogen) atoms. The molecule has 1 fully saturated rings. The number of benzene rings is 1. The molecule has 1 aliphatic rings. The molecule has 2 rings (SSSR count). The lowest BCUT2D eigenvalue weighted by Crippen LogP contribution is -2.47. The van der Waals surface area contributed by atoms with E-state index < -0.39 is 0 Å². The first-order valence-corrected chi connectivity index (χ1v) is 7.04. The summed E-state index contributed by atoms with van der Waals surface area (Å²) in [5.74, 6) is 0. The zero-order chi connectivity index (χ0) is 14.0. The van der Waals surface area contributed by atoms with Gasteiger partial charge in [0.2, 0.25) is 0 Å². The van der Waals surface area contributed by atoms with Crippen molar-refractivity contribution in [2.24, 2.45) is 0 Å². The highest BCUT2D eigenvalue weighted by Gasteiger charge is 2.30. The van der Waals surface area contributed by atoms with Gasteiger partial charge in [-0.1, -0.05) is 12.1 Å². The smallest absolute Gasteiger partial charge is 0.171 e. The van der Waals surface area contributed by atoms with Gasteiger partial charge in [-0.25, -0.2) is 0 Å². The Bertz CT molecular complexity index is 465. The average Bonchev–Trinajstić information content (AvgIpc) is 2.65. The summed E-state index contributed by atoms with van der Waals surface area (Å²) >= 11 is 5.40. The summed E-state index contributed by atoms with van der Waals surface area (Å²) in [6, 6.07) is 7.28. The fraction of sp³-hybridized carbons (Fsp3) is 0.500. The van der Waals surface area contributed by atoms with Crippen molar-refractivity contribution in [3.05, 3.63) is 29.3 Å². The summed E-state index contributed by atoms with van der Waals surface area (Å²) < 4.78 is 0. The Labute approximate surface area is 120 Å². The normalized spacial score (nSPS) is 26.2. The molecule has 1 aromatic rings. The van der Waals surface area contributed by atoms with Gasteiger partial charge in [-0.05, 0) is 57.1 Å². The molecule has 0 bridgehead atoms. The Morgan fingerprint density at radius 3 is 2.42 bits per heavy atom. The lowest BCUT2D eigenvalue weighted by molar-refractivity contribution is 0.519. The molecule has 1 aliphatic heterocycles. The van der Waals surface area contributed by atoms with Gasteiger partial charge in [-0.3, -0.25) is 10.9 Å². The van der Waals surface area contributed by atoms with Gasteiger partial charge in [0.05, 0.1) is 6.04 Å². The minimum absolute atomic E-state index is 0.283. The van der Waals surface area contributed by atoms with Crippen LogP contribution in [0.25, 0.3) is 0 Å². The molecule has 1 saturated heterocycles. The van der Waals surface area contributed by atoms with E-state index in [-0.39, 0.29) is 6.04 Å². The summed E-state index contributed by atoms with van der Waals surface area (Å²) in [6.45, 7) is 8.42. The van der Waals surface area contributed by atoms with Gasteiger partial charge in [0, 0.05) is 17.8 Å². The van der Waals surface area contributed by atoms with Crippen molar-refractivity contribution in [2.45, 2.75) is 45.8 Å². The van der Waals surface area contributed by atoms with E-state index in [4.69, 9.17) is 12.2 Å². The Balaban J connectivity index is 1.99. The topological polar surface area (TPSA) is 48.1 Å². The summed E-state index contributed by atoms with van der Waals surface area (Å²) in [7, 11) is 0. The van der Waals surface area contributed by atoms with Crippen molar-refractivity contribution in [3.8, 4) is 0 Å². The third-order valence-corrected chi connectivity index (χ3v) is 3.77. The van der Waals surface area contributed by atoms with Crippen LogP contribution in [0.15, 0.2) is 18.2 Å². The molecule has 0 aromatic heterocycles. The Morgan fingerprint density at radius 1 is 1.16 bits per heavy atom. The molecule has 104 valence electrons. The molecule has 0 amide bonds. The van der Waals surface area contributed by atoms with E-state index in [1.165, 1.54) is 11.1 Å². The summed E-state index contributed by atoms with van der Waals surface area (Å²) in [5, 5.41) is 7.32. The molecule has 0 saturated carbocycles. The quantitative estimate of drug-likeness (QED) is 0.622. The number of hydrogen-bond acceptors (Lipinski definition) is 3. The molecule has 2 unspecified atom stereocenters. The van der Waals surface area contributed by atoms with E-state index in [9.17, 15) is 0 Å². The summed E-state index contributed by atoms with van der Waals surface area (Å²) in [5.41, 5.74) is 9.90. The molecular weight excluding hydrogens is 256 g/mol. The van der Waals surface area contributed by atoms with E-state index in [1.54, 1.807) is 0 Å². The van der Waals surface area contributed by atoms with Crippen molar-refractivity contribution in [1.82, 2.24) is 16.2 Å². The van der Waals surface area contributed by atoms with E-state index in [0.29, 0.717) is 17.2 Å². The fourth-order valence-electron chi connectivity index (χ4n) is 2.31. The highest BCUT2D eigenvalue weighted by molar-refractivity contribution is 7.80. The highest BCUT2D eigenvalue weighted by Crippen LogP contribution is 2.16. The number of hydrogen-bond donors (Lipinski definition) is 4. The summed E-state index contributed by atoms with van der Waals surface area (Å²) in [6.07, 6.45) is 0. The van der Waals surface area contributed by atoms with Crippen LogP contribution in [-0.2, 0) is 0 Å². The van der Waals surface area contributed by atoms with E-state index >= 15 is 0 Å². The van der Waals surface area contributed by atoms with Crippen molar-refractivity contribution >= 4 is 23.0 Å². The van der Waals surface area contributed by atoms with E-state index in [1.807, 2.05) is 0 Å². The molecule has 4 nitrogen and oxygen atoms in total. The van der Waals surface area contributed by atoms with Gasteiger partial charge < -0.3 is 10.6 Å². The van der Waals surface area contributed by atoms with Gasteiger partial charge >= 0.3 is 0 Å². The molecular formula is C14H22N4S. The number of hydrazine groups is 1. The molecule has 1 aromatic carbocycles. The first-order chi connectivity index (χ1) is 8.97. The number of nitrogens with one attached hydrogen (secondary N) is 4. The maximum atomic E-state index is 5.40. The van der Waals surface area contributed by atoms with Gasteiger partial charge in [0.15, 0.2) is 5.11 Å². The molecule has 2 atom stereocenters. The maximum Gasteiger partial charge on any atom is 0.171 e. The van der Waals surface area contributed by atoms with Crippen LogP contribution in [0.3, 0.4) is 0 Å². The zero-order valence-corrected chi connectivity index (χ0v) is 12.7. The molecule has 0 aliphatic carbocycles. The van der Waals surface area contributed by atoms with Crippen molar-refractivity contribution in [2.75, 3.05) is 5.32 Å². The number of thiocarbonyl (C=S) groups is 1. The largest absolute Gasteiger partial charge is 0.356 e. The molecule has 1 heterocycles. The van der Waals surface area contributed by atoms with Crippen molar-refractivity contribution in [3.63, 3.8) is 0 Å². The van der Waals surface area contributed by atoms with Crippen LogP contribution in [0.4, 0.5) is 5.69 Å².